The van der Waals surface area contributed by atoms with E-state index in [2.05, 4.69) is 14.6 Å². The van der Waals surface area contributed by atoms with E-state index in [0.29, 0.717) is 40.3 Å². The Morgan fingerprint density at radius 2 is 1.94 bits per heavy atom. The molecule has 35 heavy (non-hydrogen) atoms. The summed E-state index contributed by atoms with van der Waals surface area (Å²) < 4.78 is 14.7. The van der Waals surface area contributed by atoms with E-state index in [9.17, 15) is 14.0 Å². The second-order valence-corrected chi connectivity index (χ2v) is 8.90. The number of urea groups is 1. The number of hydrogen-bond acceptors (Lipinski definition) is 2. The number of amides is 3. The number of rotatable bonds is 6. The zero-order valence-corrected chi connectivity index (χ0v) is 22.2. The minimum atomic E-state index is -0.578. The van der Waals surface area contributed by atoms with Crippen LogP contribution in [0.25, 0.3) is 11.1 Å². The zero-order valence-electron chi connectivity index (χ0n) is 20.3. The summed E-state index contributed by atoms with van der Waals surface area (Å²) in [5, 5.41) is 3.56. The van der Waals surface area contributed by atoms with Crippen molar-refractivity contribution in [3.05, 3.63) is 82.8 Å². The van der Waals surface area contributed by atoms with Crippen LogP contribution >= 0.6 is 20.8 Å². The van der Waals surface area contributed by atoms with Crippen molar-refractivity contribution in [3.8, 4) is 11.1 Å². The molecule has 1 atom stereocenters. The van der Waals surface area contributed by atoms with Gasteiger partial charge in [-0.1, -0.05) is 54.9 Å². The third-order valence-corrected chi connectivity index (χ3v) is 6.24. The molecule has 186 valence electrons. The highest BCUT2D eigenvalue weighted by atomic mass is 35.5. The van der Waals surface area contributed by atoms with E-state index in [-0.39, 0.29) is 11.7 Å². The highest BCUT2D eigenvalue weighted by molar-refractivity contribution is 7.28. The van der Waals surface area contributed by atoms with Crippen molar-refractivity contribution in [1.82, 2.24) is 5.32 Å². The van der Waals surface area contributed by atoms with Gasteiger partial charge >= 0.3 is 6.03 Å². The number of anilines is 1. The number of aryl methyl sites for hydroxylation is 1. The minimum Gasteiger partial charge on any atom is -0.351 e. The maximum absolute atomic E-state index is 14.7. The van der Waals surface area contributed by atoms with Crippen molar-refractivity contribution in [2.45, 2.75) is 40.0 Å². The summed E-state index contributed by atoms with van der Waals surface area (Å²) in [6.45, 7) is 6.43. The van der Waals surface area contributed by atoms with Crippen LogP contribution in [0.15, 0.2) is 71.4 Å². The Morgan fingerprint density at radius 3 is 2.51 bits per heavy atom. The van der Waals surface area contributed by atoms with Crippen molar-refractivity contribution in [2.75, 3.05) is 11.4 Å². The Labute approximate surface area is 214 Å². The first-order chi connectivity index (χ1) is 16.7. The Hall–Kier alpha value is -2.95. The number of nitrogens with zero attached hydrogens (tertiary/aromatic N) is 1. The van der Waals surface area contributed by atoms with Crippen molar-refractivity contribution in [1.29, 1.82) is 0 Å². The van der Waals surface area contributed by atoms with Crippen LogP contribution in [0.1, 0.15) is 38.7 Å². The van der Waals surface area contributed by atoms with Gasteiger partial charge in [0.05, 0.1) is 5.69 Å². The standard InChI is InChI=1S/C17H17FNOP.C10H15ClN2O/c1-11-5-2-3-6-12(11)13-8-9-14(17(21)16(13)18)19-10-4-7-15(19)20;1-3-5-9(13-10(12)14)7-6-8(11)4-2/h2-3,5-6,8-9H,4,7,10,21H2,1H3;4-7H,3H2,1-2H3,(H3,12,13,14)/b;7-6-,8-4+,9-5-. The average molecular weight is 516 g/mol. The van der Waals surface area contributed by atoms with Gasteiger partial charge in [-0.25, -0.2) is 9.18 Å². The van der Waals surface area contributed by atoms with Gasteiger partial charge in [0.1, 0.15) is 5.82 Å². The number of primary amides is 1. The van der Waals surface area contributed by atoms with E-state index in [4.69, 9.17) is 17.3 Å². The lowest BCUT2D eigenvalue weighted by Crippen LogP contribution is -2.28. The van der Waals surface area contributed by atoms with E-state index in [0.717, 1.165) is 24.0 Å². The van der Waals surface area contributed by atoms with Crippen LogP contribution in [0.3, 0.4) is 0 Å². The van der Waals surface area contributed by atoms with Crippen molar-refractivity contribution in [3.63, 3.8) is 0 Å². The third kappa shape index (κ3) is 8.05. The maximum Gasteiger partial charge on any atom is 0.316 e. The largest absolute Gasteiger partial charge is 0.351 e. The van der Waals surface area contributed by atoms with Crippen molar-refractivity contribution < 1.29 is 14.0 Å². The van der Waals surface area contributed by atoms with Crippen LogP contribution in [0.4, 0.5) is 14.9 Å². The van der Waals surface area contributed by atoms with Gasteiger partial charge in [-0.15, -0.1) is 9.24 Å². The molecule has 0 aromatic heterocycles. The summed E-state index contributed by atoms with van der Waals surface area (Å²) in [7, 11) is 2.45. The summed E-state index contributed by atoms with van der Waals surface area (Å²) in [5.74, 6) is -0.201. The number of nitrogens with one attached hydrogen (secondary N) is 1. The van der Waals surface area contributed by atoms with E-state index in [1.807, 2.05) is 57.2 Å². The summed E-state index contributed by atoms with van der Waals surface area (Å²) in [5.41, 5.74) is 8.80. The number of halogens is 2. The molecule has 1 fully saturated rings. The normalized spacial score (nSPS) is 14.2. The predicted molar refractivity (Wildman–Crippen MR) is 147 cm³/mol. The molecule has 1 saturated heterocycles. The number of hydrogen-bond donors (Lipinski definition) is 2. The van der Waals surface area contributed by atoms with Crippen LogP contribution in [0.2, 0.25) is 0 Å². The topological polar surface area (TPSA) is 75.4 Å². The van der Waals surface area contributed by atoms with Crippen LogP contribution in [-0.2, 0) is 4.79 Å². The Morgan fingerprint density at radius 1 is 1.23 bits per heavy atom. The molecule has 3 N–H and O–H groups in total. The molecule has 2 aromatic carbocycles. The highest BCUT2D eigenvalue weighted by Crippen LogP contribution is 2.30. The Kier molecular flexibility index (Phi) is 11.2. The Bertz CT molecular complexity index is 1160. The SMILES string of the molecule is C\C=C(Cl)/C=C\C(=C\CC)NC(N)=O.Cc1ccccc1-c1ccc(N2CCCC2=O)c(P)c1F. The lowest BCUT2D eigenvalue weighted by Gasteiger charge is -2.20. The predicted octanol–water partition coefficient (Wildman–Crippen LogP) is 6.08. The fourth-order valence-electron chi connectivity index (χ4n) is 3.59. The molecule has 1 aliphatic heterocycles. The fraction of sp³-hybridized carbons (Fsp3) is 0.259. The van der Waals surface area contributed by atoms with Gasteiger partial charge in [-0.05, 0) is 62.1 Å². The van der Waals surface area contributed by atoms with E-state index < -0.39 is 6.03 Å². The summed E-state index contributed by atoms with van der Waals surface area (Å²) >= 11 is 5.75. The number of allylic oxidation sites excluding steroid dienone is 5. The molecule has 1 unspecified atom stereocenters. The smallest absolute Gasteiger partial charge is 0.316 e. The van der Waals surface area contributed by atoms with Crippen molar-refractivity contribution >= 4 is 43.8 Å². The molecule has 0 spiro atoms. The first-order valence-corrected chi connectivity index (χ1v) is 12.4. The van der Waals surface area contributed by atoms with E-state index in [1.54, 1.807) is 29.2 Å². The van der Waals surface area contributed by atoms with Gasteiger partial charge in [0.25, 0.3) is 0 Å². The van der Waals surface area contributed by atoms with Crippen LogP contribution in [0.5, 0.6) is 0 Å². The molecule has 1 aliphatic rings. The first kappa shape index (κ1) is 28.3. The molecule has 1 heterocycles. The number of carbonyl (C=O) groups is 2. The quantitative estimate of drug-likeness (QED) is 0.361. The fourth-order valence-corrected chi connectivity index (χ4v) is 4.06. The second kappa shape index (κ2) is 13.8. The maximum atomic E-state index is 14.7. The summed E-state index contributed by atoms with van der Waals surface area (Å²) in [4.78, 5) is 24.1. The second-order valence-electron chi connectivity index (χ2n) is 7.89. The van der Waals surface area contributed by atoms with Gasteiger partial charge in [0, 0.05) is 34.6 Å². The molecule has 2 aromatic rings. The number of carbonyl (C=O) groups excluding carboxylic acids is 2. The van der Waals surface area contributed by atoms with Gasteiger partial charge in [-0.2, -0.15) is 0 Å². The van der Waals surface area contributed by atoms with Crippen LogP contribution in [-0.4, -0.2) is 18.5 Å². The van der Waals surface area contributed by atoms with E-state index >= 15 is 0 Å². The van der Waals surface area contributed by atoms with Gasteiger partial charge < -0.3 is 16.0 Å². The average Bonchev–Trinajstić information content (AvgIpc) is 3.25. The molecule has 8 heteroatoms. The molecular weight excluding hydrogens is 484 g/mol. The third-order valence-electron chi connectivity index (χ3n) is 5.35. The molecule has 0 aliphatic carbocycles. The Balaban J connectivity index is 0.000000271. The number of nitrogens with two attached hydrogens (primary N) is 1. The molecule has 0 radical (unpaired) electrons. The van der Waals surface area contributed by atoms with E-state index in [1.165, 1.54) is 0 Å². The molecule has 5 nitrogen and oxygen atoms in total. The van der Waals surface area contributed by atoms with Gasteiger partial charge in [0.15, 0.2) is 0 Å². The highest BCUT2D eigenvalue weighted by Gasteiger charge is 2.25. The summed E-state index contributed by atoms with van der Waals surface area (Å²) in [6, 6.07) is 10.8. The molecule has 3 rings (SSSR count). The van der Waals surface area contributed by atoms with Crippen LogP contribution < -0.4 is 21.3 Å². The summed E-state index contributed by atoms with van der Waals surface area (Å²) in [6.07, 6.45) is 9.20. The van der Waals surface area contributed by atoms with Crippen molar-refractivity contribution in [2.24, 2.45) is 5.73 Å². The molecular formula is C27H32ClFN3O2P. The zero-order chi connectivity index (χ0) is 26.0. The number of benzene rings is 2. The monoisotopic (exact) mass is 515 g/mol. The lowest BCUT2D eigenvalue weighted by molar-refractivity contribution is -0.117. The van der Waals surface area contributed by atoms with Gasteiger partial charge in [-0.3, -0.25) is 4.79 Å². The minimum absolute atomic E-state index is 0.0711. The molecule has 0 saturated carbocycles. The lowest BCUT2D eigenvalue weighted by atomic mass is 9.99. The first-order valence-electron chi connectivity index (χ1n) is 11.4. The molecule has 0 bridgehead atoms. The van der Waals surface area contributed by atoms with Gasteiger partial charge in [0.2, 0.25) is 5.91 Å². The molecule has 3 amide bonds. The van der Waals surface area contributed by atoms with Crippen LogP contribution in [0, 0.1) is 12.7 Å².